The van der Waals surface area contributed by atoms with E-state index in [-0.39, 0.29) is 6.04 Å². The first-order chi connectivity index (χ1) is 6.93. The van der Waals surface area contributed by atoms with Crippen molar-refractivity contribution in [3.8, 4) is 0 Å². The van der Waals surface area contributed by atoms with Crippen LogP contribution in [0.15, 0.2) is 12.1 Å². The normalized spacial score (nSPS) is 14.7. The van der Waals surface area contributed by atoms with E-state index in [9.17, 15) is 4.79 Å². The molecule has 0 saturated heterocycles. The molecule has 0 bridgehead atoms. The number of rotatable bonds is 4. The summed E-state index contributed by atoms with van der Waals surface area (Å²) in [7, 11) is 0. The smallest absolute Gasteiger partial charge is 0.308 e. The lowest BCUT2D eigenvalue weighted by atomic mass is 10.1. The number of nitrogens with one attached hydrogen (secondary N) is 1. The summed E-state index contributed by atoms with van der Waals surface area (Å²) in [5.41, 5.74) is 5.34. The van der Waals surface area contributed by atoms with E-state index in [1.54, 1.807) is 6.92 Å². The molecule has 1 heterocycles. The van der Waals surface area contributed by atoms with E-state index in [1.165, 1.54) is 0 Å². The Balaban J connectivity index is 2.74. The highest BCUT2D eigenvalue weighted by Gasteiger charge is 2.19. The van der Waals surface area contributed by atoms with Gasteiger partial charge in [-0.2, -0.15) is 0 Å². The zero-order chi connectivity index (χ0) is 11.6. The van der Waals surface area contributed by atoms with Crippen LogP contribution in [0.2, 0.25) is 0 Å². The standard InChI is InChI=1S/C11H18N2O2/c1-7-5-6-8(2)13(7)12-10(4)9(3)11(14)15/h5-6,9-10,12H,1-4H3,(H,14,15). The molecule has 0 aromatic carbocycles. The van der Waals surface area contributed by atoms with E-state index >= 15 is 0 Å². The number of nitrogens with zero attached hydrogens (tertiary/aromatic N) is 1. The zero-order valence-electron chi connectivity index (χ0n) is 9.61. The summed E-state index contributed by atoms with van der Waals surface area (Å²) in [5.74, 6) is -1.19. The third kappa shape index (κ3) is 2.52. The van der Waals surface area contributed by atoms with E-state index < -0.39 is 11.9 Å². The molecule has 0 aliphatic rings. The van der Waals surface area contributed by atoms with Gasteiger partial charge in [-0.1, -0.05) is 0 Å². The monoisotopic (exact) mass is 210 g/mol. The molecule has 0 radical (unpaired) electrons. The van der Waals surface area contributed by atoms with Crippen LogP contribution in [0.1, 0.15) is 25.2 Å². The molecule has 0 fully saturated rings. The Hall–Kier alpha value is -1.45. The quantitative estimate of drug-likeness (QED) is 0.796. The van der Waals surface area contributed by atoms with Crippen LogP contribution in [0.3, 0.4) is 0 Å². The van der Waals surface area contributed by atoms with Gasteiger partial charge in [-0.25, -0.2) is 0 Å². The highest BCUT2D eigenvalue weighted by molar-refractivity contribution is 5.70. The SMILES string of the molecule is Cc1ccc(C)n1NC(C)C(C)C(=O)O. The summed E-state index contributed by atoms with van der Waals surface area (Å²) >= 11 is 0. The first kappa shape index (κ1) is 11.6. The highest BCUT2D eigenvalue weighted by Crippen LogP contribution is 2.09. The van der Waals surface area contributed by atoms with Crippen LogP contribution < -0.4 is 5.43 Å². The van der Waals surface area contributed by atoms with Gasteiger partial charge in [0.2, 0.25) is 0 Å². The van der Waals surface area contributed by atoms with Crippen molar-refractivity contribution in [2.24, 2.45) is 5.92 Å². The molecule has 1 rings (SSSR count). The Morgan fingerprint density at radius 3 is 2.20 bits per heavy atom. The van der Waals surface area contributed by atoms with E-state index in [2.05, 4.69) is 5.43 Å². The van der Waals surface area contributed by atoms with Crippen molar-refractivity contribution in [2.45, 2.75) is 33.7 Å². The van der Waals surface area contributed by atoms with Crippen molar-refractivity contribution in [3.05, 3.63) is 23.5 Å². The third-order valence-electron chi connectivity index (χ3n) is 2.74. The molecule has 15 heavy (non-hydrogen) atoms. The minimum absolute atomic E-state index is 0.104. The lowest BCUT2D eigenvalue weighted by molar-refractivity contribution is -0.141. The average molecular weight is 210 g/mol. The van der Waals surface area contributed by atoms with Gasteiger partial charge in [0, 0.05) is 11.4 Å². The number of aliphatic carboxylic acids is 1. The summed E-state index contributed by atoms with van der Waals surface area (Å²) < 4.78 is 1.92. The largest absolute Gasteiger partial charge is 0.481 e. The van der Waals surface area contributed by atoms with E-state index in [0.717, 1.165) is 11.4 Å². The van der Waals surface area contributed by atoms with E-state index in [4.69, 9.17) is 5.11 Å². The van der Waals surface area contributed by atoms with Crippen molar-refractivity contribution in [2.75, 3.05) is 5.43 Å². The second-order valence-electron chi connectivity index (χ2n) is 4.00. The molecular weight excluding hydrogens is 192 g/mol. The van der Waals surface area contributed by atoms with Crippen molar-refractivity contribution >= 4 is 5.97 Å². The van der Waals surface area contributed by atoms with Crippen molar-refractivity contribution < 1.29 is 9.90 Å². The lowest BCUT2D eigenvalue weighted by Gasteiger charge is -2.22. The second-order valence-corrected chi connectivity index (χ2v) is 4.00. The van der Waals surface area contributed by atoms with Gasteiger partial charge < -0.3 is 10.5 Å². The number of carbonyl (C=O) groups is 1. The van der Waals surface area contributed by atoms with Gasteiger partial charge in [0.25, 0.3) is 0 Å². The van der Waals surface area contributed by atoms with Crippen LogP contribution in [0.4, 0.5) is 0 Å². The maximum atomic E-state index is 10.8. The number of carboxylic acid groups (broad SMARTS) is 1. The number of aryl methyl sites for hydroxylation is 2. The summed E-state index contributed by atoms with van der Waals surface area (Å²) in [6.45, 7) is 7.54. The zero-order valence-corrected chi connectivity index (χ0v) is 9.61. The minimum atomic E-state index is -0.780. The molecule has 0 aliphatic heterocycles. The van der Waals surface area contributed by atoms with Crippen LogP contribution in [0.25, 0.3) is 0 Å². The van der Waals surface area contributed by atoms with Crippen molar-refractivity contribution in [3.63, 3.8) is 0 Å². The van der Waals surface area contributed by atoms with Gasteiger partial charge in [0.15, 0.2) is 0 Å². The predicted molar refractivity (Wildman–Crippen MR) is 59.5 cm³/mol. The van der Waals surface area contributed by atoms with Gasteiger partial charge in [-0.05, 0) is 39.8 Å². The number of hydrogen-bond donors (Lipinski definition) is 2. The molecule has 0 spiro atoms. The number of carboxylic acids is 1. The maximum absolute atomic E-state index is 10.8. The Morgan fingerprint density at radius 2 is 1.80 bits per heavy atom. The Kier molecular flexibility index (Phi) is 3.39. The molecule has 1 aromatic rings. The molecule has 84 valence electrons. The van der Waals surface area contributed by atoms with Crippen molar-refractivity contribution in [1.82, 2.24) is 4.68 Å². The fraction of sp³-hybridized carbons (Fsp3) is 0.545. The summed E-state index contributed by atoms with van der Waals surface area (Å²) in [4.78, 5) is 10.8. The molecule has 0 amide bonds. The van der Waals surface area contributed by atoms with Crippen molar-refractivity contribution in [1.29, 1.82) is 0 Å². The number of hydrogen-bond acceptors (Lipinski definition) is 2. The fourth-order valence-electron chi connectivity index (χ4n) is 1.40. The van der Waals surface area contributed by atoms with Gasteiger partial charge >= 0.3 is 5.97 Å². The van der Waals surface area contributed by atoms with Gasteiger partial charge in [0.05, 0.1) is 12.0 Å². The molecule has 4 nitrogen and oxygen atoms in total. The average Bonchev–Trinajstić information content (AvgIpc) is 2.47. The lowest BCUT2D eigenvalue weighted by Crippen LogP contribution is -2.35. The van der Waals surface area contributed by atoms with E-state index in [0.29, 0.717) is 0 Å². The molecule has 4 heteroatoms. The molecule has 2 unspecified atom stereocenters. The third-order valence-corrected chi connectivity index (χ3v) is 2.74. The molecule has 2 N–H and O–H groups in total. The van der Waals surface area contributed by atoms with Crippen LogP contribution >= 0.6 is 0 Å². The fourth-order valence-corrected chi connectivity index (χ4v) is 1.40. The predicted octanol–water partition coefficient (Wildman–Crippen LogP) is 1.76. The Labute approximate surface area is 89.9 Å². The van der Waals surface area contributed by atoms with Gasteiger partial charge in [-0.3, -0.25) is 9.47 Å². The summed E-state index contributed by atoms with van der Waals surface area (Å²) in [5, 5.41) is 8.87. The van der Waals surface area contributed by atoms with Gasteiger partial charge in [-0.15, -0.1) is 0 Å². The Bertz CT molecular complexity index is 338. The molecular formula is C11H18N2O2. The molecule has 2 atom stereocenters. The Morgan fingerprint density at radius 1 is 1.33 bits per heavy atom. The topological polar surface area (TPSA) is 54.3 Å². The van der Waals surface area contributed by atoms with Crippen LogP contribution in [-0.4, -0.2) is 21.8 Å². The maximum Gasteiger partial charge on any atom is 0.308 e. The minimum Gasteiger partial charge on any atom is -0.481 e. The first-order valence-electron chi connectivity index (χ1n) is 5.07. The van der Waals surface area contributed by atoms with E-state index in [1.807, 2.05) is 37.6 Å². The summed E-state index contributed by atoms with van der Waals surface area (Å²) in [6.07, 6.45) is 0. The molecule has 1 aromatic heterocycles. The van der Waals surface area contributed by atoms with Crippen LogP contribution in [0, 0.1) is 19.8 Å². The van der Waals surface area contributed by atoms with Gasteiger partial charge in [0.1, 0.15) is 0 Å². The molecule has 0 aliphatic carbocycles. The number of aromatic nitrogens is 1. The summed E-state index contributed by atoms with van der Waals surface area (Å²) in [6, 6.07) is 3.90. The second kappa shape index (κ2) is 4.38. The van der Waals surface area contributed by atoms with Crippen LogP contribution in [-0.2, 0) is 4.79 Å². The first-order valence-corrected chi connectivity index (χ1v) is 5.07. The molecule has 0 saturated carbocycles. The van der Waals surface area contributed by atoms with Crippen LogP contribution in [0.5, 0.6) is 0 Å². The highest BCUT2D eigenvalue weighted by atomic mass is 16.4.